The molecule has 2 heteroatoms. The molecule has 1 unspecified atom stereocenters. The molecule has 0 fully saturated rings. The standard InChI is InChI=1S/C17H34O2/c1-4-5-6-7-9-12-16(15(2)3)13-10-8-11-14-17(18)19/h15-16H,4-14H2,1-3H3,(H,18,19). The Morgan fingerprint density at radius 1 is 0.895 bits per heavy atom. The Bertz CT molecular complexity index is 211. The Kier molecular flexibility index (Phi) is 12.2. The smallest absolute Gasteiger partial charge is 0.303 e. The van der Waals surface area contributed by atoms with Crippen molar-refractivity contribution in [3.05, 3.63) is 0 Å². The molecule has 0 heterocycles. The number of rotatable bonds is 13. The third-order valence-corrected chi connectivity index (χ3v) is 4.09. The first-order valence-electron chi connectivity index (χ1n) is 8.29. The van der Waals surface area contributed by atoms with Crippen molar-refractivity contribution >= 4 is 5.97 Å². The predicted octanol–water partition coefficient (Wildman–Crippen LogP) is 5.65. The Balaban J connectivity index is 3.59. The van der Waals surface area contributed by atoms with Gasteiger partial charge in [-0.3, -0.25) is 4.79 Å². The monoisotopic (exact) mass is 270 g/mol. The van der Waals surface area contributed by atoms with E-state index < -0.39 is 5.97 Å². The van der Waals surface area contributed by atoms with Gasteiger partial charge in [-0.2, -0.15) is 0 Å². The molecule has 0 aliphatic rings. The Morgan fingerprint density at radius 3 is 1.89 bits per heavy atom. The average Bonchev–Trinajstić information content (AvgIpc) is 2.35. The predicted molar refractivity (Wildman–Crippen MR) is 82.4 cm³/mol. The number of hydrogen-bond donors (Lipinski definition) is 1. The molecule has 1 N–H and O–H groups in total. The molecule has 19 heavy (non-hydrogen) atoms. The van der Waals surface area contributed by atoms with Crippen LogP contribution in [0.5, 0.6) is 0 Å². The number of aliphatic carboxylic acids is 1. The normalized spacial score (nSPS) is 12.8. The first-order valence-corrected chi connectivity index (χ1v) is 8.29. The van der Waals surface area contributed by atoms with Crippen LogP contribution in [-0.4, -0.2) is 11.1 Å². The van der Waals surface area contributed by atoms with E-state index in [1.807, 2.05) is 0 Å². The second-order valence-electron chi connectivity index (χ2n) is 6.20. The van der Waals surface area contributed by atoms with E-state index in [0.717, 1.165) is 24.7 Å². The molecule has 0 bridgehead atoms. The van der Waals surface area contributed by atoms with Crippen LogP contribution in [0.4, 0.5) is 0 Å². The fourth-order valence-corrected chi connectivity index (χ4v) is 2.68. The van der Waals surface area contributed by atoms with Crippen LogP contribution in [0.15, 0.2) is 0 Å². The van der Waals surface area contributed by atoms with Crippen LogP contribution in [0, 0.1) is 11.8 Å². The second-order valence-corrected chi connectivity index (χ2v) is 6.20. The molecular formula is C17H34O2. The Labute approximate surface area is 120 Å². The van der Waals surface area contributed by atoms with E-state index in [1.165, 1.54) is 51.4 Å². The van der Waals surface area contributed by atoms with Crippen LogP contribution >= 0.6 is 0 Å². The maximum Gasteiger partial charge on any atom is 0.303 e. The first kappa shape index (κ1) is 18.5. The van der Waals surface area contributed by atoms with E-state index >= 15 is 0 Å². The number of unbranched alkanes of at least 4 members (excludes halogenated alkanes) is 6. The van der Waals surface area contributed by atoms with E-state index in [2.05, 4.69) is 20.8 Å². The summed E-state index contributed by atoms with van der Waals surface area (Å²) in [6.07, 6.45) is 12.9. The highest BCUT2D eigenvalue weighted by molar-refractivity contribution is 5.66. The highest BCUT2D eigenvalue weighted by atomic mass is 16.4. The third kappa shape index (κ3) is 12.3. The van der Waals surface area contributed by atoms with Crippen LogP contribution in [0.3, 0.4) is 0 Å². The van der Waals surface area contributed by atoms with E-state index in [-0.39, 0.29) is 0 Å². The van der Waals surface area contributed by atoms with Crippen molar-refractivity contribution < 1.29 is 9.90 Å². The van der Waals surface area contributed by atoms with E-state index in [1.54, 1.807) is 0 Å². The zero-order valence-electron chi connectivity index (χ0n) is 13.3. The van der Waals surface area contributed by atoms with Gasteiger partial charge in [0.1, 0.15) is 0 Å². The van der Waals surface area contributed by atoms with Crippen molar-refractivity contribution in [2.24, 2.45) is 11.8 Å². The molecule has 0 aliphatic carbocycles. The lowest BCUT2D eigenvalue weighted by molar-refractivity contribution is -0.137. The Hall–Kier alpha value is -0.530. The molecule has 0 aromatic carbocycles. The van der Waals surface area contributed by atoms with Crippen LogP contribution in [0.25, 0.3) is 0 Å². The van der Waals surface area contributed by atoms with Gasteiger partial charge in [-0.1, -0.05) is 78.6 Å². The van der Waals surface area contributed by atoms with Crippen molar-refractivity contribution in [3.8, 4) is 0 Å². The van der Waals surface area contributed by atoms with Gasteiger partial charge >= 0.3 is 5.97 Å². The molecular weight excluding hydrogens is 236 g/mol. The lowest BCUT2D eigenvalue weighted by atomic mass is 9.85. The summed E-state index contributed by atoms with van der Waals surface area (Å²) in [4.78, 5) is 10.4. The molecule has 0 spiro atoms. The van der Waals surface area contributed by atoms with E-state index in [4.69, 9.17) is 5.11 Å². The van der Waals surface area contributed by atoms with Crippen LogP contribution in [0.2, 0.25) is 0 Å². The number of carbonyl (C=O) groups is 1. The minimum Gasteiger partial charge on any atom is -0.481 e. The van der Waals surface area contributed by atoms with Crippen LogP contribution < -0.4 is 0 Å². The third-order valence-electron chi connectivity index (χ3n) is 4.09. The van der Waals surface area contributed by atoms with Gasteiger partial charge in [0.05, 0.1) is 0 Å². The van der Waals surface area contributed by atoms with E-state index in [0.29, 0.717) is 6.42 Å². The quantitative estimate of drug-likeness (QED) is 0.439. The number of carboxylic acid groups (broad SMARTS) is 1. The number of hydrogen-bond acceptors (Lipinski definition) is 1. The molecule has 114 valence electrons. The lowest BCUT2D eigenvalue weighted by Crippen LogP contribution is -2.09. The molecule has 0 radical (unpaired) electrons. The van der Waals surface area contributed by atoms with Crippen molar-refractivity contribution in [2.75, 3.05) is 0 Å². The zero-order valence-corrected chi connectivity index (χ0v) is 13.3. The SMILES string of the molecule is CCCCCCCC(CCCCCC(=O)O)C(C)C. The van der Waals surface area contributed by atoms with Gasteiger partial charge in [0, 0.05) is 6.42 Å². The molecule has 0 saturated carbocycles. The summed E-state index contributed by atoms with van der Waals surface area (Å²) in [5, 5.41) is 8.60. The lowest BCUT2D eigenvalue weighted by Gasteiger charge is -2.20. The maximum atomic E-state index is 10.4. The fourth-order valence-electron chi connectivity index (χ4n) is 2.68. The maximum absolute atomic E-state index is 10.4. The zero-order chi connectivity index (χ0) is 14.5. The summed E-state index contributed by atoms with van der Waals surface area (Å²) >= 11 is 0. The van der Waals surface area contributed by atoms with Gasteiger partial charge in [-0.15, -0.1) is 0 Å². The average molecular weight is 270 g/mol. The van der Waals surface area contributed by atoms with Crippen LogP contribution in [-0.2, 0) is 4.79 Å². The summed E-state index contributed by atoms with van der Waals surface area (Å²) < 4.78 is 0. The molecule has 0 rings (SSSR count). The second kappa shape index (κ2) is 12.5. The largest absolute Gasteiger partial charge is 0.481 e. The Morgan fingerprint density at radius 2 is 1.42 bits per heavy atom. The summed E-state index contributed by atoms with van der Waals surface area (Å²) in [5.41, 5.74) is 0. The van der Waals surface area contributed by atoms with Crippen molar-refractivity contribution in [2.45, 2.75) is 91.4 Å². The van der Waals surface area contributed by atoms with Gasteiger partial charge < -0.3 is 5.11 Å². The minimum absolute atomic E-state index is 0.337. The molecule has 2 nitrogen and oxygen atoms in total. The summed E-state index contributed by atoms with van der Waals surface area (Å²) in [6.45, 7) is 6.91. The van der Waals surface area contributed by atoms with Gasteiger partial charge in [0.15, 0.2) is 0 Å². The van der Waals surface area contributed by atoms with Crippen molar-refractivity contribution in [3.63, 3.8) is 0 Å². The van der Waals surface area contributed by atoms with Crippen molar-refractivity contribution in [1.82, 2.24) is 0 Å². The molecule has 0 aromatic rings. The topological polar surface area (TPSA) is 37.3 Å². The van der Waals surface area contributed by atoms with E-state index in [9.17, 15) is 4.79 Å². The van der Waals surface area contributed by atoms with Gasteiger partial charge in [-0.05, 0) is 18.3 Å². The van der Waals surface area contributed by atoms with Gasteiger partial charge in [0.25, 0.3) is 0 Å². The van der Waals surface area contributed by atoms with Gasteiger partial charge in [-0.25, -0.2) is 0 Å². The number of carboxylic acids is 1. The molecule has 0 saturated heterocycles. The highest BCUT2D eigenvalue weighted by Crippen LogP contribution is 2.25. The van der Waals surface area contributed by atoms with Crippen molar-refractivity contribution in [1.29, 1.82) is 0 Å². The molecule has 0 amide bonds. The molecule has 0 aliphatic heterocycles. The summed E-state index contributed by atoms with van der Waals surface area (Å²) in [5.74, 6) is 0.952. The first-order chi connectivity index (χ1) is 9.07. The summed E-state index contributed by atoms with van der Waals surface area (Å²) in [7, 11) is 0. The van der Waals surface area contributed by atoms with Gasteiger partial charge in [0.2, 0.25) is 0 Å². The molecule has 1 atom stereocenters. The summed E-state index contributed by atoms with van der Waals surface area (Å²) in [6, 6.07) is 0. The minimum atomic E-state index is -0.656. The molecule has 0 aromatic heterocycles. The van der Waals surface area contributed by atoms with Crippen LogP contribution in [0.1, 0.15) is 91.4 Å². The highest BCUT2D eigenvalue weighted by Gasteiger charge is 2.12. The fraction of sp³-hybridized carbons (Fsp3) is 0.941.